The largest absolute Gasteiger partial charge is 0.0833 e. The molecule has 1 unspecified atom stereocenters. The second-order valence-corrected chi connectivity index (χ2v) is 4.81. The average Bonchev–Trinajstić information content (AvgIpc) is 2.42. The summed E-state index contributed by atoms with van der Waals surface area (Å²) in [7, 11) is 0. The molecule has 0 radical (unpaired) electrons. The monoisotopic (exact) mass is 236 g/mol. The van der Waals surface area contributed by atoms with Crippen molar-refractivity contribution in [2.45, 2.75) is 26.2 Å². The molecule has 0 bridgehead atoms. The zero-order chi connectivity index (χ0) is 12.8. The van der Waals surface area contributed by atoms with E-state index in [1.54, 1.807) is 0 Å². The lowest BCUT2D eigenvalue weighted by molar-refractivity contribution is 0.783. The number of hydrogen-bond acceptors (Lipinski definition) is 0. The van der Waals surface area contributed by atoms with Crippen LogP contribution in [0, 0.1) is 6.92 Å². The fraction of sp³-hybridized carbons (Fsp3) is 0.222. The van der Waals surface area contributed by atoms with Crippen molar-refractivity contribution in [1.29, 1.82) is 0 Å². The highest BCUT2D eigenvalue weighted by Gasteiger charge is 2.01. The third kappa shape index (κ3) is 3.33. The number of allylic oxidation sites excluding steroid dienone is 1. The Balaban J connectivity index is 1.98. The predicted octanol–water partition coefficient (Wildman–Crippen LogP) is 5.20. The van der Waals surface area contributed by atoms with Gasteiger partial charge in [0.25, 0.3) is 0 Å². The Morgan fingerprint density at radius 1 is 0.944 bits per heavy atom. The van der Waals surface area contributed by atoms with Crippen LogP contribution in [0.15, 0.2) is 60.7 Å². The highest BCUT2D eigenvalue weighted by Crippen LogP contribution is 2.19. The average molecular weight is 236 g/mol. The van der Waals surface area contributed by atoms with Crippen molar-refractivity contribution in [1.82, 2.24) is 0 Å². The molecular formula is C18H20. The van der Waals surface area contributed by atoms with Crippen molar-refractivity contribution >= 4 is 6.08 Å². The number of hydrogen-bond donors (Lipinski definition) is 0. The van der Waals surface area contributed by atoms with Crippen LogP contribution in [0.5, 0.6) is 0 Å². The Labute approximate surface area is 110 Å². The van der Waals surface area contributed by atoms with Crippen LogP contribution >= 0.6 is 0 Å². The van der Waals surface area contributed by atoms with Gasteiger partial charge in [-0.3, -0.25) is 0 Å². The summed E-state index contributed by atoms with van der Waals surface area (Å²) < 4.78 is 0. The summed E-state index contributed by atoms with van der Waals surface area (Å²) >= 11 is 0. The van der Waals surface area contributed by atoms with Crippen LogP contribution in [0.3, 0.4) is 0 Å². The van der Waals surface area contributed by atoms with E-state index in [0.717, 1.165) is 6.42 Å². The second-order valence-electron chi connectivity index (χ2n) is 4.81. The van der Waals surface area contributed by atoms with Crippen LogP contribution in [0.2, 0.25) is 0 Å². The van der Waals surface area contributed by atoms with Gasteiger partial charge >= 0.3 is 0 Å². The lowest BCUT2D eigenvalue weighted by atomic mass is 9.97. The molecule has 0 aromatic heterocycles. The molecule has 0 fully saturated rings. The molecular weight excluding hydrogens is 216 g/mol. The van der Waals surface area contributed by atoms with Crippen molar-refractivity contribution in [3.05, 3.63) is 77.4 Å². The Hall–Kier alpha value is -1.82. The van der Waals surface area contributed by atoms with E-state index in [-0.39, 0.29) is 0 Å². The van der Waals surface area contributed by atoms with Gasteiger partial charge in [0.1, 0.15) is 0 Å². The minimum absolute atomic E-state index is 0.575. The molecule has 18 heavy (non-hydrogen) atoms. The molecule has 0 amide bonds. The van der Waals surface area contributed by atoms with Crippen molar-refractivity contribution in [2.24, 2.45) is 0 Å². The Bertz CT molecular complexity index is 509. The number of benzene rings is 2. The van der Waals surface area contributed by atoms with Gasteiger partial charge in [0.2, 0.25) is 0 Å². The van der Waals surface area contributed by atoms with Crippen LogP contribution in [-0.2, 0) is 0 Å². The maximum Gasteiger partial charge on any atom is -0.0156 e. The van der Waals surface area contributed by atoms with Gasteiger partial charge < -0.3 is 0 Å². The molecule has 2 aromatic rings. The highest BCUT2D eigenvalue weighted by molar-refractivity contribution is 5.53. The van der Waals surface area contributed by atoms with Crippen molar-refractivity contribution in [2.75, 3.05) is 0 Å². The number of rotatable bonds is 4. The van der Waals surface area contributed by atoms with E-state index in [0.29, 0.717) is 5.92 Å². The van der Waals surface area contributed by atoms with E-state index >= 15 is 0 Å². The lowest BCUT2D eigenvalue weighted by Crippen LogP contribution is -1.90. The van der Waals surface area contributed by atoms with Gasteiger partial charge in [-0.2, -0.15) is 0 Å². The molecule has 1 atom stereocenters. The molecule has 0 aliphatic rings. The quantitative estimate of drug-likeness (QED) is 0.684. The molecule has 0 saturated heterocycles. The van der Waals surface area contributed by atoms with Gasteiger partial charge in [0, 0.05) is 0 Å². The summed E-state index contributed by atoms with van der Waals surface area (Å²) in [6, 6.07) is 19.2. The molecule has 2 aromatic carbocycles. The summed E-state index contributed by atoms with van der Waals surface area (Å²) in [6.45, 7) is 4.43. The first-order valence-corrected chi connectivity index (χ1v) is 6.54. The smallest absolute Gasteiger partial charge is 0.0156 e. The predicted molar refractivity (Wildman–Crippen MR) is 79.7 cm³/mol. The van der Waals surface area contributed by atoms with Crippen LogP contribution < -0.4 is 0 Å². The molecule has 0 heterocycles. The zero-order valence-corrected chi connectivity index (χ0v) is 11.1. The van der Waals surface area contributed by atoms with E-state index in [1.165, 1.54) is 16.7 Å². The van der Waals surface area contributed by atoms with E-state index in [2.05, 4.69) is 80.6 Å². The first kappa shape index (κ1) is 12.6. The fourth-order valence-electron chi connectivity index (χ4n) is 2.09. The third-order valence-electron chi connectivity index (χ3n) is 3.34. The molecule has 92 valence electrons. The van der Waals surface area contributed by atoms with Gasteiger partial charge in [-0.1, -0.05) is 73.7 Å². The van der Waals surface area contributed by atoms with E-state index in [1.807, 2.05) is 0 Å². The van der Waals surface area contributed by atoms with E-state index < -0.39 is 0 Å². The van der Waals surface area contributed by atoms with Crippen LogP contribution in [-0.4, -0.2) is 0 Å². The topological polar surface area (TPSA) is 0 Å². The first-order valence-electron chi connectivity index (χ1n) is 6.54. The van der Waals surface area contributed by atoms with Gasteiger partial charge in [-0.15, -0.1) is 0 Å². The molecule has 0 N–H and O–H groups in total. The highest BCUT2D eigenvalue weighted by atomic mass is 14.1. The maximum atomic E-state index is 2.28. The first-order chi connectivity index (χ1) is 8.77. The summed E-state index contributed by atoms with van der Waals surface area (Å²) in [5, 5.41) is 0. The van der Waals surface area contributed by atoms with E-state index in [4.69, 9.17) is 0 Å². The molecule has 2 rings (SSSR count). The number of aryl methyl sites for hydroxylation is 1. The van der Waals surface area contributed by atoms with Gasteiger partial charge in [0.15, 0.2) is 0 Å². The molecule has 0 aliphatic heterocycles. The van der Waals surface area contributed by atoms with Crippen LogP contribution in [0.4, 0.5) is 0 Å². The van der Waals surface area contributed by atoms with Crippen molar-refractivity contribution in [3.63, 3.8) is 0 Å². The summed E-state index contributed by atoms with van der Waals surface area (Å²) in [5.74, 6) is 0.575. The van der Waals surface area contributed by atoms with Crippen LogP contribution in [0.1, 0.15) is 36.0 Å². The summed E-state index contributed by atoms with van der Waals surface area (Å²) in [6.07, 6.45) is 5.59. The standard InChI is InChI=1S/C18H20/c1-15-9-6-7-13-18(15)14-8-10-16(2)17-11-4-3-5-12-17/h3-9,11-14,16H,10H2,1-2H3. The Morgan fingerprint density at radius 2 is 1.61 bits per heavy atom. The van der Waals surface area contributed by atoms with Gasteiger partial charge in [0.05, 0.1) is 0 Å². The zero-order valence-electron chi connectivity index (χ0n) is 11.1. The van der Waals surface area contributed by atoms with Gasteiger partial charge in [-0.05, 0) is 36.0 Å². The minimum Gasteiger partial charge on any atom is -0.0833 e. The Kier molecular flexibility index (Phi) is 4.35. The summed E-state index contributed by atoms with van der Waals surface area (Å²) in [4.78, 5) is 0. The van der Waals surface area contributed by atoms with Crippen LogP contribution in [0.25, 0.3) is 6.08 Å². The Morgan fingerprint density at radius 3 is 2.33 bits per heavy atom. The molecule has 0 nitrogen and oxygen atoms in total. The van der Waals surface area contributed by atoms with Crippen molar-refractivity contribution in [3.8, 4) is 0 Å². The molecule has 0 spiro atoms. The summed E-state index contributed by atoms with van der Waals surface area (Å²) in [5.41, 5.74) is 4.06. The fourth-order valence-corrected chi connectivity index (χ4v) is 2.09. The molecule has 0 saturated carbocycles. The van der Waals surface area contributed by atoms with E-state index in [9.17, 15) is 0 Å². The molecule has 0 heteroatoms. The van der Waals surface area contributed by atoms with Crippen molar-refractivity contribution < 1.29 is 0 Å². The van der Waals surface area contributed by atoms with Gasteiger partial charge in [-0.25, -0.2) is 0 Å². The molecule has 0 aliphatic carbocycles. The maximum absolute atomic E-state index is 2.28. The second kappa shape index (κ2) is 6.20. The lowest BCUT2D eigenvalue weighted by Gasteiger charge is -2.08. The third-order valence-corrected chi connectivity index (χ3v) is 3.34. The normalized spacial score (nSPS) is 12.8. The SMILES string of the molecule is Cc1ccccc1C=CCC(C)c1ccccc1. The minimum atomic E-state index is 0.575.